The Morgan fingerprint density at radius 2 is 1.28 bits per heavy atom. The van der Waals surface area contributed by atoms with Crippen molar-refractivity contribution < 1.29 is 42.5 Å². The van der Waals surface area contributed by atoms with Crippen LogP contribution in [-0.4, -0.2) is 13.0 Å². The van der Waals surface area contributed by atoms with E-state index < -0.39 is 10.1 Å². The Balaban J connectivity index is 0.00000420. The van der Waals surface area contributed by atoms with Gasteiger partial charge in [-0.05, 0) is 53.6 Å². The average molecular weight is 427 g/mol. The Bertz CT molecular complexity index is 847. The maximum atomic E-state index is 12.0. The maximum Gasteiger partial charge on any atom is 1.00 e. The molecule has 0 aromatic heterocycles. The Morgan fingerprint density at radius 3 is 1.83 bits per heavy atom. The van der Waals surface area contributed by atoms with Crippen LogP contribution in [0.3, 0.4) is 0 Å². The third kappa shape index (κ3) is 8.34. The van der Waals surface area contributed by atoms with Gasteiger partial charge in [-0.25, -0.2) is 8.42 Å². The van der Waals surface area contributed by atoms with Crippen LogP contribution >= 0.6 is 0 Å². The number of rotatable bonds is 13. The third-order valence-corrected chi connectivity index (χ3v) is 6.45. The Morgan fingerprint density at radius 1 is 0.759 bits per heavy atom. The molecule has 0 aliphatic rings. The number of benzene rings is 2. The van der Waals surface area contributed by atoms with Crippen molar-refractivity contribution in [1.29, 1.82) is 0 Å². The van der Waals surface area contributed by atoms with Gasteiger partial charge in [0.1, 0.15) is 10.1 Å². The minimum absolute atomic E-state index is 0. The molecule has 0 fully saturated rings. The largest absolute Gasteiger partial charge is 1.00 e. The number of aryl methyl sites for hydroxylation is 2. The van der Waals surface area contributed by atoms with Crippen LogP contribution in [0, 0.1) is 0 Å². The molecule has 156 valence electrons. The van der Waals surface area contributed by atoms with Crippen molar-refractivity contribution in [3.63, 3.8) is 0 Å². The molecule has 0 saturated carbocycles. The second-order valence-corrected chi connectivity index (χ2v) is 9.19. The van der Waals surface area contributed by atoms with Gasteiger partial charge in [0.2, 0.25) is 0 Å². The zero-order valence-electron chi connectivity index (χ0n) is 18.5. The molecule has 0 bridgehead atoms. The molecule has 2 aromatic carbocycles. The van der Waals surface area contributed by atoms with E-state index in [1.165, 1.54) is 32.1 Å². The molecule has 0 heterocycles. The van der Waals surface area contributed by atoms with E-state index in [9.17, 15) is 13.0 Å². The van der Waals surface area contributed by atoms with Crippen LogP contribution in [0.15, 0.2) is 35.2 Å². The molecule has 5 heteroatoms. The van der Waals surface area contributed by atoms with E-state index >= 15 is 0 Å². The van der Waals surface area contributed by atoms with E-state index in [0.29, 0.717) is 6.42 Å². The molecule has 0 N–H and O–H groups in total. The molecule has 2 rings (SSSR count). The van der Waals surface area contributed by atoms with Crippen LogP contribution in [0.5, 0.6) is 0 Å². The van der Waals surface area contributed by atoms with Crippen molar-refractivity contribution >= 4 is 20.9 Å². The van der Waals surface area contributed by atoms with Gasteiger partial charge >= 0.3 is 29.6 Å². The van der Waals surface area contributed by atoms with E-state index in [1.807, 2.05) is 18.2 Å². The average Bonchev–Trinajstić information content (AvgIpc) is 2.67. The molecule has 29 heavy (non-hydrogen) atoms. The molecule has 0 aliphatic heterocycles. The molecule has 0 amide bonds. The van der Waals surface area contributed by atoms with Crippen LogP contribution in [0.1, 0.15) is 89.2 Å². The predicted octanol–water partition coefficient (Wildman–Crippen LogP) is 3.77. The minimum Gasteiger partial charge on any atom is -0.744 e. The van der Waals surface area contributed by atoms with E-state index in [4.69, 9.17) is 0 Å². The topological polar surface area (TPSA) is 57.2 Å². The molecular weight excluding hydrogens is 391 g/mol. The van der Waals surface area contributed by atoms with Crippen LogP contribution < -0.4 is 29.6 Å². The summed E-state index contributed by atoms with van der Waals surface area (Å²) in [6.07, 6.45) is 12.8. The first-order chi connectivity index (χ1) is 13.5. The van der Waals surface area contributed by atoms with Gasteiger partial charge < -0.3 is 4.55 Å². The van der Waals surface area contributed by atoms with E-state index in [0.717, 1.165) is 60.4 Å². The summed E-state index contributed by atoms with van der Waals surface area (Å²) < 4.78 is 36.1. The van der Waals surface area contributed by atoms with E-state index in [2.05, 4.69) is 19.9 Å². The normalized spacial score (nSPS) is 11.6. The zero-order chi connectivity index (χ0) is 20.4. The van der Waals surface area contributed by atoms with Gasteiger partial charge in [-0.1, -0.05) is 89.5 Å². The van der Waals surface area contributed by atoms with Gasteiger partial charge in [-0.3, -0.25) is 0 Å². The SMILES string of the molecule is CCCCCCCc1cc(S(=O)(=O)[O-])c(CCCCCCC)c2ccccc12.[Na+]. The smallest absolute Gasteiger partial charge is 0.744 e. The first-order valence-corrected chi connectivity index (χ1v) is 12.4. The molecular formula is C24H35NaO3S. The summed E-state index contributed by atoms with van der Waals surface area (Å²) in [6, 6.07) is 9.66. The summed E-state index contributed by atoms with van der Waals surface area (Å²) in [7, 11) is -4.48. The standard InChI is InChI=1S/C24H36O3S.Na/c1-3-5-7-9-11-15-20-19-24(28(25,26)27)23(18-12-10-8-6-4-2)22-17-14-13-16-21(20)22;/h13-14,16-17,19H,3-12,15,18H2,1-2H3,(H,25,26,27);/q;+1/p-1. The summed E-state index contributed by atoms with van der Waals surface area (Å²) in [6.45, 7) is 4.37. The summed E-state index contributed by atoms with van der Waals surface area (Å²) in [4.78, 5) is 0.00486. The van der Waals surface area contributed by atoms with Gasteiger partial charge in [0, 0.05) is 0 Å². The second kappa shape index (κ2) is 13.8. The molecule has 2 aromatic rings. The van der Waals surface area contributed by atoms with Gasteiger partial charge in [0.15, 0.2) is 0 Å². The maximum absolute atomic E-state index is 12.0. The molecule has 0 saturated heterocycles. The van der Waals surface area contributed by atoms with Crippen molar-refractivity contribution in [1.82, 2.24) is 0 Å². The minimum atomic E-state index is -4.48. The number of fused-ring (bicyclic) bond motifs is 1. The zero-order valence-corrected chi connectivity index (χ0v) is 21.3. The van der Waals surface area contributed by atoms with Crippen LogP contribution in [0.4, 0.5) is 0 Å². The fourth-order valence-electron chi connectivity index (χ4n) is 3.99. The van der Waals surface area contributed by atoms with Gasteiger partial charge in [0.05, 0.1) is 4.90 Å². The van der Waals surface area contributed by atoms with Crippen molar-refractivity contribution in [2.75, 3.05) is 0 Å². The number of hydrogen-bond acceptors (Lipinski definition) is 3. The van der Waals surface area contributed by atoms with Crippen LogP contribution in [-0.2, 0) is 23.0 Å². The Kier molecular flexibility index (Phi) is 12.7. The Labute approximate surface area is 199 Å². The first-order valence-electron chi connectivity index (χ1n) is 11.0. The monoisotopic (exact) mass is 426 g/mol. The molecule has 0 aliphatic carbocycles. The quantitative estimate of drug-likeness (QED) is 0.278. The Hall–Kier alpha value is -0.390. The van der Waals surface area contributed by atoms with Crippen LogP contribution in [0.2, 0.25) is 0 Å². The molecule has 0 atom stereocenters. The van der Waals surface area contributed by atoms with E-state index in [1.54, 1.807) is 6.07 Å². The van der Waals surface area contributed by atoms with Gasteiger partial charge in [0.25, 0.3) is 0 Å². The summed E-state index contributed by atoms with van der Waals surface area (Å²) in [5.41, 5.74) is 1.72. The fourth-order valence-corrected chi connectivity index (χ4v) is 4.79. The first kappa shape index (κ1) is 26.6. The number of hydrogen-bond donors (Lipinski definition) is 0. The summed E-state index contributed by atoms with van der Waals surface area (Å²) in [5, 5.41) is 2.05. The fraction of sp³-hybridized carbons (Fsp3) is 0.583. The third-order valence-electron chi connectivity index (χ3n) is 5.55. The predicted molar refractivity (Wildman–Crippen MR) is 117 cm³/mol. The van der Waals surface area contributed by atoms with Crippen molar-refractivity contribution in [3.05, 3.63) is 41.5 Å². The second-order valence-electron chi connectivity index (χ2n) is 7.84. The van der Waals surface area contributed by atoms with Gasteiger partial charge in [-0.15, -0.1) is 0 Å². The number of unbranched alkanes of at least 4 members (excludes halogenated alkanes) is 8. The van der Waals surface area contributed by atoms with E-state index in [-0.39, 0.29) is 34.5 Å². The van der Waals surface area contributed by atoms with Crippen molar-refractivity contribution in [2.45, 2.75) is 95.8 Å². The summed E-state index contributed by atoms with van der Waals surface area (Å²) in [5.74, 6) is 0. The molecule has 0 radical (unpaired) electrons. The van der Waals surface area contributed by atoms with Crippen molar-refractivity contribution in [3.8, 4) is 0 Å². The molecule has 3 nitrogen and oxygen atoms in total. The summed E-state index contributed by atoms with van der Waals surface area (Å²) >= 11 is 0. The van der Waals surface area contributed by atoms with Crippen LogP contribution in [0.25, 0.3) is 10.8 Å². The van der Waals surface area contributed by atoms with Gasteiger partial charge in [-0.2, -0.15) is 0 Å². The molecule has 0 unspecified atom stereocenters. The molecule has 0 spiro atoms. The van der Waals surface area contributed by atoms with Crippen molar-refractivity contribution in [2.24, 2.45) is 0 Å².